The van der Waals surface area contributed by atoms with Crippen molar-refractivity contribution < 1.29 is 14.6 Å². The third-order valence-electron chi connectivity index (χ3n) is 16.6. The van der Waals surface area contributed by atoms with Gasteiger partial charge in [-0.3, -0.25) is 13.7 Å². The van der Waals surface area contributed by atoms with Crippen LogP contribution < -0.4 is 32.4 Å². The highest BCUT2D eigenvalue weighted by molar-refractivity contribution is 6.92. The molecule has 3 aromatic carbocycles. The summed E-state index contributed by atoms with van der Waals surface area (Å²) in [4.78, 5) is 66.0. The number of nitrogen functional groups attached to an aromatic ring is 3. The number of nitrogens with two attached hydrogens (primary N) is 3. The van der Waals surface area contributed by atoms with Crippen molar-refractivity contribution in [1.29, 1.82) is 0 Å². The molecule has 25 nitrogen and oxygen atoms in total. The van der Waals surface area contributed by atoms with Gasteiger partial charge in [-0.1, -0.05) is 125 Å². The molecule has 0 fully saturated rings. The molecule has 0 saturated carbocycles. The van der Waals surface area contributed by atoms with Gasteiger partial charge in [0.05, 0.1) is 32.8 Å². The zero-order chi connectivity index (χ0) is 64.2. The predicted molar refractivity (Wildman–Crippen MR) is 384 cm³/mol. The zero-order valence-electron chi connectivity index (χ0n) is 53.6. The number of nitrogens with one attached hydrogen (secondary N) is 1. The van der Waals surface area contributed by atoms with Crippen LogP contribution in [-0.2, 0) is 58.5 Å². The summed E-state index contributed by atoms with van der Waals surface area (Å²) in [7, 11) is 1.00. The monoisotopic (exact) mass is 1320 g/mol. The smallest absolute Gasteiger partial charge is 0.328 e. The lowest BCUT2D eigenvalue weighted by Gasteiger charge is -2.12. The summed E-state index contributed by atoms with van der Waals surface area (Å²) in [6, 6.07) is 26.7. The Labute approximate surface area is 562 Å². The summed E-state index contributed by atoms with van der Waals surface area (Å²) in [6.45, 7) is 9.06. The number of ether oxygens (including phenoxy) is 2. The topological polar surface area (TPSA) is 321 Å². The van der Waals surface area contributed by atoms with Crippen LogP contribution in [-0.4, -0.2) is 113 Å². The van der Waals surface area contributed by atoms with Gasteiger partial charge in [0.2, 0.25) is 0 Å². The number of anilines is 3. The Morgan fingerprint density at radius 3 is 1.36 bits per heavy atom. The van der Waals surface area contributed by atoms with E-state index in [4.69, 9.17) is 41.7 Å². The Hall–Kier alpha value is -10.1. The van der Waals surface area contributed by atoms with E-state index in [9.17, 15) is 4.79 Å². The average molecular weight is 1320 g/mol. The van der Waals surface area contributed by atoms with E-state index >= 15 is 0 Å². The van der Waals surface area contributed by atoms with Crippen LogP contribution in [0.3, 0.4) is 0 Å². The number of fused-ring (bicyclic) bond motifs is 15. The Balaban J connectivity index is 0.000000164. The summed E-state index contributed by atoms with van der Waals surface area (Å²) >= 11 is 0. The van der Waals surface area contributed by atoms with Crippen molar-refractivity contribution >= 4 is 60.8 Å². The summed E-state index contributed by atoms with van der Waals surface area (Å²) in [6.07, 6.45) is 30.0. The summed E-state index contributed by atoms with van der Waals surface area (Å²) in [5.74, 6) is 4.48. The lowest BCUT2D eigenvalue weighted by molar-refractivity contribution is 0.300. The molecule has 0 amide bonds. The quantitative estimate of drug-likeness (QED) is 0.0807. The first-order chi connectivity index (χ1) is 45.6. The lowest BCUT2D eigenvalue weighted by Crippen LogP contribution is -2.18. The molecule has 0 radical (unpaired) electrons. The molecule has 0 aliphatic carbocycles. The van der Waals surface area contributed by atoms with Gasteiger partial charge in [-0.2, -0.15) is 19.9 Å². The highest BCUT2D eigenvalue weighted by Crippen LogP contribution is 2.31. The van der Waals surface area contributed by atoms with Crippen LogP contribution >= 0.6 is 9.90 Å². The summed E-state index contributed by atoms with van der Waals surface area (Å²) < 4.78 is 23.5. The van der Waals surface area contributed by atoms with E-state index in [1.165, 1.54) is 47.9 Å². The number of aromatic amines is 1. The van der Waals surface area contributed by atoms with Gasteiger partial charge in [0, 0.05) is 63.9 Å². The van der Waals surface area contributed by atoms with E-state index in [1.807, 2.05) is 47.6 Å². The van der Waals surface area contributed by atoms with Crippen LogP contribution in [0.25, 0.3) is 68.4 Å². The van der Waals surface area contributed by atoms with Crippen molar-refractivity contribution in [3.63, 3.8) is 0 Å². The lowest BCUT2D eigenvalue weighted by atomic mass is 10.0. The fraction of sp³-hybridized carbons (Fsp3) is 0.371. The normalized spacial score (nSPS) is 14.2. The molecular formula is C70H90N21O4P. The molecule has 0 spiro atoms. The molecule has 12 aromatic rings. The number of benzene rings is 3. The molecule has 8 N–H and O–H groups in total. The number of H-pyrrole nitrogens is 1. The van der Waals surface area contributed by atoms with Gasteiger partial charge in [0.25, 0.3) is 12.0 Å². The minimum Gasteiger partial charge on any atom is -0.465 e. The Morgan fingerprint density at radius 1 is 0.479 bits per heavy atom. The second-order valence-electron chi connectivity index (χ2n) is 23.1. The van der Waals surface area contributed by atoms with E-state index in [1.54, 1.807) is 23.2 Å². The van der Waals surface area contributed by atoms with Crippen molar-refractivity contribution in [2.24, 2.45) is 0 Å². The molecule has 3 aliphatic heterocycles. The second-order valence-corrected chi connectivity index (χ2v) is 23.1. The molecule has 504 valence electrons. The maximum atomic E-state index is 12.6. The maximum Gasteiger partial charge on any atom is 0.328 e. The van der Waals surface area contributed by atoms with E-state index < -0.39 is 0 Å². The second kappa shape index (κ2) is 32.8. The Kier molecular flexibility index (Phi) is 24.0. The molecule has 26 heteroatoms. The number of aliphatic hydroxyl groups excluding tert-OH is 1. The SMILES string of the molecule is C.C.CCOc1nc2c(N)nc3nc2n1Cc1cccc(c1)C/C=C/CCCn1ccnc1-3.CCOc1nc2c(N)nc3nc2n1Cc1cccc(c1)CCCCCCn1ccnc1-3.CO.Nc1nc2nc3c1[nH]c(=O)n3Cc1cccc(c1)CCCCCCn1ccnc1-2.P. The first kappa shape index (κ1) is 70.2. The van der Waals surface area contributed by atoms with Crippen molar-refractivity contribution in [3.8, 4) is 47.0 Å². The predicted octanol–water partition coefficient (Wildman–Crippen LogP) is 11.1. The van der Waals surface area contributed by atoms with Crippen molar-refractivity contribution in [3.05, 3.63) is 166 Å². The Bertz CT molecular complexity index is 4630. The first-order valence-corrected chi connectivity index (χ1v) is 32.1. The first-order valence-electron chi connectivity index (χ1n) is 32.1. The van der Waals surface area contributed by atoms with Gasteiger partial charge >= 0.3 is 5.69 Å². The summed E-state index contributed by atoms with van der Waals surface area (Å²) in [5.41, 5.74) is 29.3. The van der Waals surface area contributed by atoms with Crippen LogP contribution in [0, 0.1) is 0 Å². The van der Waals surface area contributed by atoms with E-state index in [2.05, 4.69) is 142 Å². The van der Waals surface area contributed by atoms with E-state index in [-0.39, 0.29) is 36.3 Å². The van der Waals surface area contributed by atoms with Gasteiger partial charge < -0.3 is 50.5 Å². The summed E-state index contributed by atoms with van der Waals surface area (Å²) in [5, 5.41) is 7.00. The fourth-order valence-corrected chi connectivity index (χ4v) is 12.2. The number of aryl methyl sites for hydroxylation is 5. The van der Waals surface area contributed by atoms with Crippen molar-refractivity contribution in [2.75, 3.05) is 37.5 Å². The van der Waals surface area contributed by atoms with Gasteiger partial charge in [-0.15, -0.1) is 0 Å². The molecule has 9 aromatic heterocycles. The number of hydrogen-bond donors (Lipinski definition) is 5. The minimum absolute atomic E-state index is 0. The fourth-order valence-electron chi connectivity index (χ4n) is 12.2. The molecule has 12 heterocycles. The van der Waals surface area contributed by atoms with Crippen molar-refractivity contribution in [1.82, 2.24) is 87.2 Å². The van der Waals surface area contributed by atoms with E-state index in [0.29, 0.717) is 119 Å². The molecule has 15 rings (SSSR count). The van der Waals surface area contributed by atoms with Crippen LogP contribution in [0.1, 0.15) is 126 Å². The van der Waals surface area contributed by atoms with Crippen molar-refractivity contribution in [2.45, 2.75) is 151 Å². The zero-order valence-corrected chi connectivity index (χ0v) is 55.0. The third kappa shape index (κ3) is 15.8. The third-order valence-corrected chi connectivity index (χ3v) is 16.6. The molecule has 3 aliphatic rings. The number of aromatic nitrogens is 18. The van der Waals surface area contributed by atoms with Crippen LogP contribution in [0.4, 0.5) is 17.5 Å². The number of allylic oxidation sites excluding steroid dienone is 2. The number of hydrogen-bond acceptors (Lipinski definition) is 18. The largest absolute Gasteiger partial charge is 0.465 e. The average Bonchev–Trinajstić information content (AvgIpc) is 1.62. The Morgan fingerprint density at radius 2 is 0.885 bits per heavy atom. The molecular weight excluding hydrogens is 1230 g/mol. The highest BCUT2D eigenvalue weighted by Gasteiger charge is 2.24. The van der Waals surface area contributed by atoms with Crippen LogP contribution in [0.5, 0.6) is 12.0 Å². The number of imidazole rings is 6. The highest BCUT2D eigenvalue weighted by atomic mass is 31.0. The van der Waals surface area contributed by atoms with Gasteiger partial charge in [-0.25, -0.2) is 49.7 Å². The minimum atomic E-state index is -0.243. The molecule has 12 bridgehead atoms. The van der Waals surface area contributed by atoms with Gasteiger partial charge in [-0.05, 0) is 105 Å². The maximum absolute atomic E-state index is 12.6. The molecule has 96 heavy (non-hydrogen) atoms. The molecule has 1 unspecified atom stereocenters. The standard InChI is InChI=1S/C23H27N7O.C23H25N7O.C21H23N7O.CH4O.2CH4.H3P/c2*1-2-31-23-26-18-19(24)27-20-22-25-11-13-29(22)12-6-4-3-5-8-16-9-7-10-17(14-16)15-30(23)21(18)28-20;22-17-16-19-26-18(25-17)20-23-9-11-27(20)10-4-2-1-3-6-14-7-5-8-15(12-14)13-28(19)21(29)24-16;1-2;;;/h7,9-11,13-14H,2-6,8,12,15H2,1H3,(H2,24,27,28);3,5,7,9-11,13-14H,2,4,6,8,12,15H2,1H3,(H2,24,27,28);5,7-9,11-12H,1-4,6,10,13H2,(H,24,29)(H2,22,25,26);2H,1H3;2*1H4;1H3/b;5-3+;;;;;. The number of rotatable bonds is 4. The molecule has 0 saturated heterocycles. The van der Waals surface area contributed by atoms with Gasteiger partial charge in [0.15, 0.2) is 80.4 Å². The van der Waals surface area contributed by atoms with Crippen LogP contribution in [0.2, 0.25) is 0 Å². The number of aliphatic hydroxyl groups is 1. The number of nitrogens with zero attached hydrogens (tertiary/aromatic N) is 17. The molecule has 1 atom stereocenters. The van der Waals surface area contributed by atoms with Gasteiger partial charge in [0.1, 0.15) is 5.52 Å². The van der Waals surface area contributed by atoms with E-state index in [0.717, 1.165) is 101 Å². The van der Waals surface area contributed by atoms with Crippen LogP contribution in [0.15, 0.2) is 127 Å².